The van der Waals surface area contributed by atoms with Crippen LogP contribution in [0.4, 0.5) is 34.1 Å². The molecule has 0 amide bonds. The summed E-state index contributed by atoms with van der Waals surface area (Å²) in [4.78, 5) is 4.80. The van der Waals surface area contributed by atoms with Crippen LogP contribution in [0, 0.1) is 0 Å². The van der Waals surface area contributed by atoms with Crippen molar-refractivity contribution in [2.24, 2.45) is 0 Å². The van der Waals surface area contributed by atoms with Crippen molar-refractivity contribution in [2.45, 2.75) is 19.3 Å². The maximum atomic E-state index is 2.50. The summed E-state index contributed by atoms with van der Waals surface area (Å²) in [6, 6.07) is 94.0. The Morgan fingerprint density at radius 1 is 0.261 bits per heavy atom. The number of fused-ring (bicyclic) bond motifs is 7. The third-order valence-corrected chi connectivity index (χ3v) is 14.6. The molecule has 0 aliphatic heterocycles. The summed E-state index contributed by atoms with van der Waals surface area (Å²) in [6.07, 6.45) is 0. The molecular formula is C67H48N2. The quantitative estimate of drug-likeness (QED) is 0.140. The molecule has 326 valence electrons. The zero-order valence-corrected chi connectivity index (χ0v) is 38.6. The van der Waals surface area contributed by atoms with Gasteiger partial charge in [-0.15, -0.1) is 0 Å². The van der Waals surface area contributed by atoms with E-state index in [4.69, 9.17) is 0 Å². The van der Waals surface area contributed by atoms with Crippen LogP contribution in [0.3, 0.4) is 0 Å². The van der Waals surface area contributed by atoms with E-state index in [2.05, 4.69) is 278 Å². The van der Waals surface area contributed by atoms with Crippen LogP contribution < -0.4 is 9.80 Å². The number of hydrogen-bond donors (Lipinski definition) is 0. The molecule has 0 bridgehead atoms. The molecule has 12 aromatic carbocycles. The predicted octanol–water partition coefficient (Wildman–Crippen LogP) is 18.9. The fraction of sp³-hybridized carbons (Fsp3) is 0.0448. The Balaban J connectivity index is 1.15. The summed E-state index contributed by atoms with van der Waals surface area (Å²) < 4.78 is 0. The van der Waals surface area contributed by atoms with Gasteiger partial charge < -0.3 is 9.80 Å². The lowest BCUT2D eigenvalue weighted by molar-refractivity contribution is 0.660. The summed E-state index contributed by atoms with van der Waals surface area (Å²) in [5.41, 5.74) is 16.7. The maximum absolute atomic E-state index is 2.50. The van der Waals surface area contributed by atoms with Crippen LogP contribution in [-0.2, 0) is 5.41 Å². The first kappa shape index (κ1) is 40.5. The first-order chi connectivity index (χ1) is 34.0. The number of para-hydroxylation sites is 3. The van der Waals surface area contributed by atoms with Gasteiger partial charge in [-0.3, -0.25) is 0 Å². The van der Waals surface area contributed by atoms with E-state index in [9.17, 15) is 0 Å². The van der Waals surface area contributed by atoms with Crippen LogP contribution in [0.1, 0.15) is 25.0 Å². The number of benzene rings is 12. The van der Waals surface area contributed by atoms with Gasteiger partial charge in [0.15, 0.2) is 0 Å². The van der Waals surface area contributed by atoms with Crippen LogP contribution in [-0.4, -0.2) is 0 Å². The highest BCUT2D eigenvalue weighted by Crippen LogP contribution is 2.53. The minimum absolute atomic E-state index is 0.164. The van der Waals surface area contributed by atoms with Gasteiger partial charge in [0.1, 0.15) is 0 Å². The largest absolute Gasteiger partial charge is 0.310 e. The smallest absolute Gasteiger partial charge is 0.0468 e. The minimum Gasteiger partial charge on any atom is -0.310 e. The standard InChI is InChI=1S/C67H48N2/c1-67(2)63-32-17-16-30-56(63)57-38-34-48(42-64(57)67)65-59-39-36-54(69(51-27-10-5-11-28-51)52-35-33-45-19-12-13-21-47(45)41-52)44-62(59)66(58-31-18-22-46-20-14-15-29-55(46)58)60-40-37-53(43-61(60)65)68(49-23-6-3-7-24-49)50-25-8-4-9-26-50/h3-44H,1-2H3. The van der Waals surface area contributed by atoms with Crippen molar-refractivity contribution < 1.29 is 0 Å². The van der Waals surface area contributed by atoms with Gasteiger partial charge in [0, 0.05) is 39.5 Å². The van der Waals surface area contributed by atoms with Crippen molar-refractivity contribution in [1.29, 1.82) is 0 Å². The minimum atomic E-state index is -0.164. The Kier molecular flexibility index (Phi) is 9.55. The molecule has 0 radical (unpaired) electrons. The molecule has 0 aromatic heterocycles. The van der Waals surface area contributed by atoms with Crippen molar-refractivity contribution in [3.8, 4) is 33.4 Å². The van der Waals surface area contributed by atoms with Gasteiger partial charge in [-0.05, 0) is 166 Å². The molecule has 13 rings (SSSR count). The molecule has 0 saturated carbocycles. The lowest BCUT2D eigenvalue weighted by Gasteiger charge is -2.28. The third kappa shape index (κ3) is 6.71. The van der Waals surface area contributed by atoms with Gasteiger partial charge in [-0.2, -0.15) is 0 Å². The van der Waals surface area contributed by atoms with Gasteiger partial charge in [-0.25, -0.2) is 0 Å². The fourth-order valence-corrected chi connectivity index (χ4v) is 11.3. The summed E-state index contributed by atoms with van der Waals surface area (Å²) in [6.45, 7) is 4.77. The predicted molar refractivity (Wildman–Crippen MR) is 294 cm³/mol. The van der Waals surface area contributed by atoms with E-state index in [1.165, 1.54) is 87.6 Å². The van der Waals surface area contributed by atoms with Gasteiger partial charge in [0.2, 0.25) is 0 Å². The fourth-order valence-electron chi connectivity index (χ4n) is 11.3. The topological polar surface area (TPSA) is 6.48 Å². The van der Waals surface area contributed by atoms with E-state index in [1.54, 1.807) is 0 Å². The molecule has 0 spiro atoms. The second kappa shape index (κ2) is 16.3. The molecule has 0 fully saturated rings. The second-order valence-electron chi connectivity index (χ2n) is 18.9. The van der Waals surface area contributed by atoms with Gasteiger partial charge >= 0.3 is 0 Å². The Labute approximate surface area is 403 Å². The monoisotopic (exact) mass is 880 g/mol. The number of nitrogens with zero attached hydrogens (tertiary/aromatic N) is 2. The highest BCUT2D eigenvalue weighted by atomic mass is 15.1. The van der Waals surface area contributed by atoms with E-state index in [0.29, 0.717) is 0 Å². The van der Waals surface area contributed by atoms with E-state index in [0.717, 1.165) is 34.1 Å². The van der Waals surface area contributed by atoms with Crippen molar-refractivity contribution in [3.63, 3.8) is 0 Å². The lowest BCUT2D eigenvalue weighted by atomic mass is 9.80. The summed E-state index contributed by atoms with van der Waals surface area (Å²) in [5.74, 6) is 0. The molecule has 2 heteroatoms. The highest BCUT2D eigenvalue weighted by Gasteiger charge is 2.35. The van der Waals surface area contributed by atoms with E-state index >= 15 is 0 Å². The summed E-state index contributed by atoms with van der Waals surface area (Å²) in [5, 5.41) is 9.69. The molecule has 0 N–H and O–H groups in total. The molecule has 69 heavy (non-hydrogen) atoms. The Morgan fingerprint density at radius 3 is 1.42 bits per heavy atom. The van der Waals surface area contributed by atoms with Crippen LogP contribution in [0.2, 0.25) is 0 Å². The SMILES string of the molecule is CC1(C)c2ccccc2-c2ccc(-c3c4cc(N(c5ccccc5)c5ccccc5)ccc4c(-c4cccc5ccccc45)c4cc(N(c5ccccc5)c5ccc6ccccc6c5)ccc34)cc21. The second-order valence-corrected chi connectivity index (χ2v) is 18.9. The molecule has 1 aliphatic rings. The van der Waals surface area contributed by atoms with Crippen molar-refractivity contribution in [3.05, 3.63) is 266 Å². The van der Waals surface area contributed by atoms with Gasteiger partial charge in [0.25, 0.3) is 0 Å². The average Bonchev–Trinajstić information content (AvgIpc) is 3.63. The molecule has 1 aliphatic carbocycles. The number of anilines is 6. The average molecular weight is 881 g/mol. The zero-order chi connectivity index (χ0) is 46.1. The molecule has 12 aromatic rings. The highest BCUT2D eigenvalue weighted by molar-refractivity contribution is 6.25. The maximum Gasteiger partial charge on any atom is 0.0468 e. The van der Waals surface area contributed by atoms with E-state index < -0.39 is 0 Å². The third-order valence-electron chi connectivity index (χ3n) is 14.6. The van der Waals surface area contributed by atoms with E-state index in [1.807, 2.05) is 0 Å². The molecule has 0 unspecified atom stereocenters. The zero-order valence-electron chi connectivity index (χ0n) is 38.6. The van der Waals surface area contributed by atoms with E-state index in [-0.39, 0.29) is 5.41 Å². The molecule has 0 atom stereocenters. The molecular weight excluding hydrogens is 833 g/mol. The first-order valence-electron chi connectivity index (χ1n) is 24.0. The Hall–Kier alpha value is -8.72. The molecule has 2 nitrogen and oxygen atoms in total. The number of rotatable bonds is 8. The van der Waals surface area contributed by atoms with Gasteiger partial charge in [-0.1, -0.05) is 190 Å². The van der Waals surface area contributed by atoms with Crippen molar-refractivity contribution in [2.75, 3.05) is 9.80 Å². The number of hydrogen-bond acceptors (Lipinski definition) is 2. The Morgan fingerprint density at radius 2 is 0.739 bits per heavy atom. The normalized spacial score (nSPS) is 12.6. The van der Waals surface area contributed by atoms with Crippen LogP contribution >= 0.6 is 0 Å². The summed E-state index contributed by atoms with van der Waals surface area (Å²) in [7, 11) is 0. The first-order valence-corrected chi connectivity index (χ1v) is 24.0. The van der Waals surface area contributed by atoms with Crippen LogP contribution in [0.5, 0.6) is 0 Å². The van der Waals surface area contributed by atoms with Crippen molar-refractivity contribution >= 4 is 77.2 Å². The lowest BCUT2D eigenvalue weighted by Crippen LogP contribution is -2.14. The Bertz CT molecular complexity index is 3880. The molecule has 0 saturated heterocycles. The van der Waals surface area contributed by atoms with Crippen LogP contribution in [0.15, 0.2) is 255 Å². The molecule has 0 heterocycles. The summed E-state index contributed by atoms with van der Waals surface area (Å²) >= 11 is 0. The van der Waals surface area contributed by atoms with Crippen molar-refractivity contribution in [1.82, 2.24) is 0 Å². The van der Waals surface area contributed by atoms with Gasteiger partial charge in [0.05, 0.1) is 0 Å². The van der Waals surface area contributed by atoms with Crippen LogP contribution in [0.25, 0.3) is 76.5 Å².